The Labute approximate surface area is 165 Å². The van der Waals surface area contributed by atoms with E-state index in [-0.39, 0.29) is 11.9 Å². The predicted molar refractivity (Wildman–Crippen MR) is 107 cm³/mol. The quantitative estimate of drug-likeness (QED) is 0.856. The molecule has 1 aromatic heterocycles. The second kappa shape index (κ2) is 8.06. The summed E-state index contributed by atoms with van der Waals surface area (Å²) in [5, 5.41) is 2.93. The van der Waals surface area contributed by atoms with Crippen LogP contribution >= 0.6 is 0 Å². The van der Waals surface area contributed by atoms with Crippen LogP contribution in [0.15, 0.2) is 36.5 Å². The van der Waals surface area contributed by atoms with E-state index in [2.05, 4.69) is 32.2 Å². The third kappa shape index (κ3) is 4.20. The van der Waals surface area contributed by atoms with E-state index in [4.69, 9.17) is 9.47 Å². The lowest BCUT2D eigenvalue weighted by atomic mass is 10.1. The number of pyridine rings is 1. The minimum atomic E-state index is -0.0555. The van der Waals surface area contributed by atoms with E-state index >= 15 is 0 Å². The molecule has 1 fully saturated rings. The summed E-state index contributed by atoms with van der Waals surface area (Å²) in [5.41, 5.74) is 1.88. The molecule has 1 amide bonds. The Morgan fingerprint density at radius 3 is 2.68 bits per heavy atom. The number of benzene rings is 1. The molecule has 148 valence electrons. The second-order valence-electron chi connectivity index (χ2n) is 7.48. The molecule has 2 aliphatic heterocycles. The number of carbonyl (C=O) groups excluding carboxylic acids is 1. The van der Waals surface area contributed by atoms with Gasteiger partial charge in [-0.15, -0.1) is 0 Å². The Morgan fingerprint density at radius 1 is 1.11 bits per heavy atom. The van der Waals surface area contributed by atoms with E-state index in [9.17, 15) is 4.79 Å². The summed E-state index contributed by atoms with van der Waals surface area (Å²) in [5.74, 6) is 2.46. The Kier molecular flexibility index (Phi) is 5.34. The first-order valence-electron chi connectivity index (χ1n) is 9.71. The number of amides is 1. The summed E-state index contributed by atoms with van der Waals surface area (Å²) >= 11 is 0. The average Bonchev–Trinajstić information content (AvgIpc) is 3.16. The van der Waals surface area contributed by atoms with Crippen molar-refractivity contribution in [1.29, 1.82) is 0 Å². The molecule has 1 N–H and O–H groups in total. The Balaban J connectivity index is 1.34. The molecule has 28 heavy (non-hydrogen) atoms. The molecule has 0 saturated carbocycles. The number of carbonyl (C=O) groups is 1. The maximum absolute atomic E-state index is 12.2. The number of ether oxygens (including phenoxy) is 2. The molecule has 0 radical (unpaired) electrons. The van der Waals surface area contributed by atoms with Crippen LogP contribution < -0.4 is 19.7 Å². The lowest BCUT2D eigenvalue weighted by Gasteiger charge is -2.35. The van der Waals surface area contributed by atoms with Crippen molar-refractivity contribution in [3.05, 3.63) is 47.7 Å². The minimum Gasteiger partial charge on any atom is -0.454 e. The number of fused-ring (bicyclic) bond motifs is 1. The van der Waals surface area contributed by atoms with Crippen LogP contribution in [0.2, 0.25) is 0 Å². The van der Waals surface area contributed by atoms with E-state index in [0.29, 0.717) is 12.4 Å². The van der Waals surface area contributed by atoms with Crippen molar-refractivity contribution in [2.75, 3.05) is 37.9 Å². The SMILES string of the molecule is CC(C)NC(=O)c1ccnc(N2CCN(Cc3ccc4c(c3)OCO4)CC2)c1. The van der Waals surface area contributed by atoms with E-state index in [1.54, 1.807) is 12.3 Å². The number of piperazine rings is 1. The molecule has 1 saturated heterocycles. The first-order chi connectivity index (χ1) is 13.6. The van der Waals surface area contributed by atoms with Crippen LogP contribution in [0.5, 0.6) is 11.5 Å². The average molecular weight is 382 g/mol. The second-order valence-corrected chi connectivity index (χ2v) is 7.48. The van der Waals surface area contributed by atoms with Gasteiger partial charge in [-0.05, 0) is 43.7 Å². The molecule has 2 aliphatic rings. The lowest BCUT2D eigenvalue weighted by Crippen LogP contribution is -2.46. The van der Waals surface area contributed by atoms with Gasteiger partial charge in [0.05, 0.1) is 0 Å². The van der Waals surface area contributed by atoms with E-state index in [0.717, 1.165) is 50.0 Å². The first-order valence-corrected chi connectivity index (χ1v) is 9.71. The Bertz CT molecular complexity index is 847. The van der Waals surface area contributed by atoms with E-state index in [1.807, 2.05) is 26.0 Å². The fraction of sp³-hybridized carbons (Fsp3) is 0.429. The fourth-order valence-electron chi connectivity index (χ4n) is 3.51. The van der Waals surface area contributed by atoms with Crippen molar-refractivity contribution in [2.24, 2.45) is 0 Å². The summed E-state index contributed by atoms with van der Waals surface area (Å²) in [7, 11) is 0. The largest absolute Gasteiger partial charge is 0.454 e. The molecule has 0 spiro atoms. The summed E-state index contributed by atoms with van der Waals surface area (Å²) in [6, 6.07) is 9.89. The van der Waals surface area contributed by atoms with Gasteiger partial charge in [0.15, 0.2) is 11.5 Å². The molecule has 7 heteroatoms. The van der Waals surface area contributed by atoms with Gasteiger partial charge in [0, 0.05) is 50.5 Å². The number of aromatic nitrogens is 1. The third-order valence-electron chi connectivity index (χ3n) is 4.97. The molecule has 0 atom stereocenters. The van der Waals surface area contributed by atoms with E-state index < -0.39 is 0 Å². The lowest BCUT2D eigenvalue weighted by molar-refractivity contribution is 0.0943. The van der Waals surface area contributed by atoms with Gasteiger partial charge in [-0.3, -0.25) is 9.69 Å². The molecular weight excluding hydrogens is 356 g/mol. The van der Waals surface area contributed by atoms with Crippen LogP contribution in [-0.4, -0.2) is 54.8 Å². The summed E-state index contributed by atoms with van der Waals surface area (Å²) < 4.78 is 10.8. The van der Waals surface area contributed by atoms with Crippen molar-refractivity contribution in [1.82, 2.24) is 15.2 Å². The zero-order valence-electron chi connectivity index (χ0n) is 16.4. The molecular formula is C21H26N4O3. The molecule has 0 aliphatic carbocycles. The van der Waals surface area contributed by atoms with Crippen molar-refractivity contribution >= 4 is 11.7 Å². The minimum absolute atomic E-state index is 0.0555. The van der Waals surface area contributed by atoms with Gasteiger partial charge in [-0.2, -0.15) is 0 Å². The van der Waals surface area contributed by atoms with Crippen molar-refractivity contribution in [3.8, 4) is 11.5 Å². The van der Waals surface area contributed by atoms with Crippen molar-refractivity contribution in [3.63, 3.8) is 0 Å². The number of hydrogen-bond acceptors (Lipinski definition) is 6. The van der Waals surface area contributed by atoms with Crippen LogP contribution in [0.4, 0.5) is 5.82 Å². The first kappa shape index (κ1) is 18.6. The number of rotatable bonds is 5. The van der Waals surface area contributed by atoms with Crippen molar-refractivity contribution in [2.45, 2.75) is 26.4 Å². The van der Waals surface area contributed by atoms with Gasteiger partial charge in [0.25, 0.3) is 5.91 Å². The van der Waals surface area contributed by atoms with Gasteiger partial charge in [-0.1, -0.05) is 6.07 Å². The van der Waals surface area contributed by atoms with Crippen LogP contribution in [0, 0.1) is 0 Å². The summed E-state index contributed by atoms with van der Waals surface area (Å²) in [4.78, 5) is 21.4. The van der Waals surface area contributed by atoms with Crippen molar-refractivity contribution < 1.29 is 14.3 Å². The molecule has 0 bridgehead atoms. The molecule has 0 unspecified atom stereocenters. The van der Waals surface area contributed by atoms with Crippen LogP contribution in [0.1, 0.15) is 29.8 Å². The molecule has 1 aromatic carbocycles. The molecule has 7 nitrogen and oxygen atoms in total. The van der Waals surface area contributed by atoms with E-state index in [1.165, 1.54) is 5.56 Å². The van der Waals surface area contributed by atoms with Gasteiger partial charge in [-0.25, -0.2) is 4.98 Å². The van der Waals surface area contributed by atoms with Gasteiger partial charge in [0.1, 0.15) is 5.82 Å². The van der Waals surface area contributed by atoms with Crippen LogP contribution in [0.25, 0.3) is 0 Å². The molecule has 4 rings (SSSR count). The molecule has 3 heterocycles. The number of nitrogens with zero attached hydrogens (tertiary/aromatic N) is 3. The monoisotopic (exact) mass is 382 g/mol. The van der Waals surface area contributed by atoms with Gasteiger partial charge >= 0.3 is 0 Å². The fourth-order valence-corrected chi connectivity index (χ4v) is 3.51. The summed E-state index contributed by atoms with van der Waals surface area (Å²) in [6.45, 7) is 8.75. The highest BCUT2D eigenvalue weighted by atomic mass is 16.7. The van der Waals surface area contributed by atoms with Crippen LogP contribution in [0.3, 0.4) is 0 Å². The molecule has 2 aromatic rings. The summed E-state index contributed by atoms with van der Waals surface area (Å²) in [6.07, 6.45) is 1.71. The zero-order valence-corrected chi connectivity index (χ0v) is 16.4. The number of nitrogens with one attached hydrogen (secondary N) is 1. The maximum atomic E-state index is 12.2. The highest BCUT2D eigenvalue weighted by molar-refractivity contribution is 5.94. The zero-order chi connectivity index (χ0) is 19.5. The van der Waals surface area contributed by atoms with Crippen LogP contribution in [-0.2, 0) is 6.54 Å². The van der Waals surface area contributed by atoms with Gasteiger partial charge < -0.3 is 19.7 Å². The highest BCUT2D eigenvalue weighted by Gasteiger charge is 2.20. The predicted octanol–water partition coefficient (Wildman–Crippen LogP) is 2.27. The Morgan fingerprint density at radius 2 is 1.89 bits per heavy atom. The standard InChI is InChI=1S/C21H26N4O3/c1-15(2)23-21(26)17-5-6-22-20(12-17)25-9-7-24(8-10-25)13-16-3-4-18-19(11-16)28-14-27-18/h3-6,11-12,15H,7-10,13-14H2,1-2H3,(H,23,26). The normalized spacial score (nSPS) is 16.5. The number of hydrogen-bond donors (Lipinski definition) is 1. The third-order valence-corrected chi connectivity index (χ3v) is 4.97. The topological polar surface area (TPSA) is 66.9 Å². The van der Waals surface area contributed by atoms with Gasteiger partial charge in [0.2, 0.25) is 6.79 Å². The number of anilines is 1. The maximum Gasteiger partial charge on any atom is 0.251 e. The smallest absolute Gasteiger partial charge is 0.251 e. The highest BCUT2D eigenvalue weighted by Crippen LogP contribution is 2.32. The Hall–Kier alpha value is -2.80.